The molecule has 0 radical (unpaired) electrons. The van der Waals surface area contributed by atoms with E-state index in [1.807, 2.05) is 11.9 Å². The fraction of sp³-hybridized carbons (Fsp3) is 0.538. The number of nitrogens with one attached hydrogen (secondary N) is 1. The van der Waals surface area contributed by atoms with E-state index in [2.05, 4.69) is 10.3 Å². The van der Waals surface area contributed by atoms with Gasteiger partial charge < -0.3 is 10.2 Å². The molecule has 0 aromatic carbocycles. The highest BCUT2D eigenvalue weighted by Crippen LogP contribution is 2.22. The summed E-state index contributed by atoms with van der Waals surface area (Å²) in [4.78, 5) is 17.4. The Morgan fingerprint density at radius 1 is 1.50 bits per heavy atom. The maximum atomic E-state index is 11.5. The van der Waals surface area contributed by atoms with Crippen LogP contribution in [0.4, 0.5) is 11.5 Å². The van der Waals surface area contributed by atoms with Gasteiger partial charge in [-0.3, -0.25) is 4.79 Å². The second-order valence-electron chi connectivity index (χ2n) is 4.97. The smallest absolute Gasteiger partial charge is 0.224 e. The number of rotatable bonds is 4. The Hall–Kier alpha value is -1.63. The van der Waals surface area contributed by atoms with Crippen LogP contribution in [-0.2, 0) is 14.6 Å². The van der Waals surface area contributed by atoms with E-state index < -0.39 is 9.84 Å². The van der Waals surface area contributed by atoms with Crippen molar-refractivity contribution < 1.29 is 13.2 Å². The van der Waals surface area contributed by atoms with Gasteiger partial charge in [-0.1, -0.05) is 6.92 Å². The third kappa shape index (κ3) is 3.47. The normalized spacial score (nSPS) is 20.6. The van der Waals surface area contributed by atoms with Crippen LogP contribution in [0.15, 0.2) is 18.3 Å². The van der Waals surface area contributed by atoms with Crippen LogP contribution in [0.25, 0.3) is 0 Å². The molecular weight excluding hydrogens is 278 g/mol. The summed E-state index contributed by atoms with van der Waals surface area (Å²) in [7, 11) is -1.06. The Morgan fingerprint density at radius 3 is 2.75 bits per heavy atom. The summed E-state index contributed by atoms with van der Waals surface area (Å²) >= 11 is 0. The molecule has 1 aliphatic heterocycles. The Kier molecular flexibility index (Phi) is 4.27. The van der Waals surface area contributed by atoms with Gasteiger partial charge in [0.05, 0.1) is 23.4 Å². The molecule has 1 atom stereocenters. The number of carbonyl (C=O) groups excluding carboxylic acids is 1. The molecule has 0 bridgehead atoms. The minimum Gasteiger partial charge on any atom is -0.356 e. The van der Waals surface area contributed by atoms with Gasteiger partial charge in [0.25, 0.3) is 0 Å². The van der Waals surface area contributed by atoms with Crippen LogP contribution in [0.2, 0.25) is 0 Å². The van der Waals surface area contributed by atoms with E-state index in [9.17, 15) is 13.2 Å². The Bertz CT molecular complexity index is 583. The first-order chi connectivity index (χ1) is 9.41. The highest BCUT2D eigenvalue weighted by Gasteiger charge is 2.31. The van der Waals surface area contributed by atoms with E-state index >= 15 is 0 Å². The minimum absolute atomic E-state index is 0.0245. The summed E-state index contributed by atoms with van der Waals surface area (Å²) in [5.74, 6) is 1.07. The number of hydrogen-bond donors (Lipinski definition) is 1. The van der Waals surface area contributed by atoms with Gasteiger partial charge in [0.1, 0.15) is 5.82 Å². The number of nitrogens with zero attached hydrogens (tertiary/aromatic N) is 2. The molecule has 1 aromatic rings. The molecule has 1 aliphatic rings. The molecule has 7 heteroatoms. The van der Waals surface area contributed by atoms with Crippen molar-refractivity contribution in [1.82, 2.24) is 4.98 Å². The van der Waals surface area contributed by atoms with Crippen molar-refractivity contribution >= 4 is 27.2 Å². The highest BCUT2D eigenvalue weighted by atomic mass is 32.2. The van der Waals surface area contributed by atoms with Gasteiger partial charge >= 0.3 is 0 Å². The molecule has 1 N–H and O–H groups in total. The van der Waals surface area contributed by atoms with E-state index in [4.69, 9.17) is 0 Å². The van der Waals surface area contributed by atoms with Crippen LogP contribution in [0.5, 0.6) is 0 Å². The van der Waals surface area contributed by atoms with Crippen LogP contribution in [-0.4, -0.2) is 43.9 Å². The number of sulfone groups is 1. The van der Waals surface area contributed by atoms with Crippen molar-refractivity contribution in [2.45, 2.75) is 25.8 Å². The molecule has 110 valence electrons. The summed E-state index contributed by atoms with van der Waals surface area (Å²) < 4.78 is 23.0. The largest absolute Gasteiger partial charge is 0.356 e. The predicted molar refractivity (Wildman–Crippen MR) is 78.6 cm³/mol. The van der Waals surface area contributed by atoms with Crippen molar-refractivity contribution in [3.8, 4) is 0 Å². The van der Waals surface area contributed by atoms with Gasteiger partial charge in [-0.25, -0.2) is 13.4 Å². The number of aromatic nitrogens is 1. The van der Waals surface area contributed by atoms with Crippen LogP contribution < -0.4 is 10.2 Å². The molecular formula is C13H19N3O3S. The quantitative estimate of drug-likeness (QED) is 0.898. The maximum absolute atomic E-state index is 11.5. The second kappa shape index (κ2) is 5.78. The number of anilines is 2. The van der Waals surface area contributed by atoms with Crippen molar-refractivity contribution in [3.05, 3.63) is 18.3 Å². The molecule has 0 saturated carbocycles. The van der Waals surface area contributed by atoms with Gasteiger partial charge in [-0.05, 0) is 18.6 Å². The van der Waals surface area contributed by atoms with Crippen LogP contribution in [0.3, 0.4) is 0 Å². The monoisotopic (exact) mass is 297 g/mol. The van der Waals surface area contributed by atoms with E-state index in [0.717, 1.165) is 0 Å². The van der Waals surface area contributed by atoms with Crippen molar-refractivity contribution in [2.24, 2.45) is 0 Å². The van der Waals surface area contributed by atoms with E-state index in [-0.39, 0.29) is 23.5 Å². The summed E-state index contributed by atoms with van der Waals surface area (Å²) in [5, 5.41) is 2.72. The average Bonchev–Trinajstić information content (AvgIpc) is 2.79. The van der Waals surface area contributed by atoms with E-state index in [0.29, 0.717) is 24.3 Å². The molecule has 1 amide bonds. The molecule has 1 unspecified atom stereocenters. The first kappa shape index (κ1) is 14.8. The van der Waals surface area contributed by atoms with Gasteiger partial charge in [0.15, 0.2) is 9.84 Å². The Morgan fingerprint density at radius 2 is 2.25 bits per heavy atom. The SMILES string of the molecule is CCC(=O)Nc1ccc(N(C)C2CCS(=O)(=O)C2)nc1. The number of carbonyl (C=O) groups is 1. The average molecular weight is 297 g/mol. The van der Waals surface area contributed by atoms with Crippen molar-refractivity contribution in [2.75, 3.05) is 28.8 Å². The topological polar surface area (TPSA) is 79.4 Å². The van der Waals surface area contributed by atoms with E-state index in [1.54, 1.807) is 25.3 Å². The van der Waals surface area contributed by atoms with Crippen LogP contribution in [0.1, 0.15) is 19.8 Å². The van der Waals surface area contributed by atoms with Crippen LogP contribution in [0, 0.1) is 0 Å². The first-order valence-electron chi connectivity index (χ1n) is 6.60. The number of pyridine rings is 1. The molecule has 1 saturated heterocycles. The zero-order chi connectivity index (χ0) is 14.8. The molecule has 2 heterocycles. The third-order valence-electron chi connectivity index (χ3n) is 3.47. The third-order valence-corrected chi connectivity index (χ3v) is 5.22. The summed E-state index contributed by atoms with van der Waals surface area (Å²) in [5.41, 5.74) is 0.646. The Balaban J connectivity index is 2.04. The lowest BCUT2D eigenvalue weighted by Gasteiger charge is -2.24. The zero-order valence-electron chi connectivity index (χ0n) is 11.7. The lowest BCUT2D eigenvalue weighted by atomic mass is 10.2. The minimum atomic E-state index is -2.90. The second-order valence-corrected chi connectivity index (χ2v) is 7.20. The standard InChI is InChI=1S/C13H19N3O3S/c1-3-13(17)15-10-4-5-12(14-8-10)16(2)11-6-7-20(18,19)9-11/h4-5,8,11H,3,6-7,9H2,1-2H3,(H,15,17). The lowest BCUT2D eigenvalue weighted by molar-refractivity contribution is -0.115. The summed E-state index contributed by atoms with van der Waals surface area (Å²) in [6.45, 7) is 1.78. The molecule has 6 nitrogen and oxygen atoms in total. The molecule has 1 fully saturated rings. The molecule has 2 rings (SSSR count). The summed E-state index contributed by atoms with van der Waals surface area (Å²) in [6, 6.07) is 3.54. The number of hydrogen-bond acceptors (Lipinski definition) is 5. The van der Waals surface area contributed by atoms with Crippen molar-refractivity contribution in [3.63, 3.8) is 0 Å². The fourth-order valence-electron chi connectivity index (χ4n) is 2.19. The Labute approximate surface area is 119 Å². The maximum Gasteiger partial charge on any atom is 0.224 e. The predicted octanol–water partition coefficient (Wildman–Crippen LogP) is 1.05. The molecule has 20 heavy (non-hydrogen) atoms. The molecule has 0 aliphatic carbocycles. The van der Waals surface area contributed by atoms with Gasteiger partial charge in [-0.15, -0.1) is 0 Å². The lowest BCUT2D eigenvalue weighted by Crippen LogP contribution is -2.33. The highest BCUT2D eigenvalue weighted by molar-refractivity contribution is 7.91. The molecule has 0 spiro atoms. The van der Waals surface area contributed by atoms with Crippen LogP contribution >= 0.6 is 0 Å². The number of amides is 1. The van der Waals surface area contributed by atoms with Gasteiger partial charge in [0.2, 0.25) is 5.91 Å². The fourth-order valence-corrected chi connectivity index (χ4v) is 3.96. The first-order valence-corrected chi connectivity index (χ1v) is 8.42. The van der Waals surface area contributed by atoms with Gasteiger partial charge in [-0.2, -0.15) is 0 Å². The van der Waals surface area contributed by atoms with E-state index in [1.165, 1.54) is 0 Å². The summed E-state index contributed by atoms with van der Waals surface area (Å²) in [6.07, 6.45) is 2.64. The van der Waals surface area contributed by atoms with Crippen molar-refractivity contribution in [1.29, 1.82) is 0 Å². The van der Waals surface area contributed by atoms with Gasteiger partial charge in [0, 0.05) is 19.5 Å². The molecule has 1 aromatic heterocycles. The zero-order valence-corrected chi connectivity index (χ0v) is 12.5.